The van der Waals surface area contributed by atoms with E-state index in [1.165, 1.54) is 12.4 Å². The SMILES string of the molecule is CCCCOCCCNc1nccnc1C(=O)O. The molecule has 0 aliphatic heterocycles. The van der Waals surface area contributed by atoms with Gasteiger partial charge in [-0.3, -0.25) is 0 Å². The Kier molecular flexibility index (Phi) is 6.71. The van der Waals surface area contributed by atoms with Gasteiger partial charge >= 0.3 is 5.97 Å². The number of nitrogens with zero attached hydrogens (tertiary/aromatic N) is 2. The van der Waals surface area contributed by atoms with Gasteiger partial charge in [0.1, 0.15) is 0 Å². The van der Waals surface area contributed by atoms with Gasteiger partial charge in [0.15, 0.2) is 11.5 Å². The van der Waals surface area contributed by atoms with E-state index in [4.69, 9.17) is 9.84 Å². The summed E-state index contributed by atoms with van der Waals surface area (Å²) in [6.45, 7) is 4.18. The van der Waals surface area contributed by atoms with E-state index in [0.717, 1.165) is 25.9 Å². The van der Waals surface area contributed by atoms with E-state index in [-0.39, 0.29) is 5.69 Å². The van der Waals surface area contributed by atoms with E-state index in [0.29, 0.717) is 19.0 Å². The number of carbonyl (C=O) groups is 1. The molecule has 0 aromatic carbocycles. The van der Waals surface area contributed by atoms with Crippen molar-refractivity contribution in [2.24, 2.45) is 0 Å². The van der Waals surface area contributed by atoms with E-state index in [1.54, 1.807) is 0 Å². The van der Waals surface area contributed by atoms with Gasteiger partial charge in [-0.2, -0.15) is 0 Å². The van der Waals surface area contributed by atoms with Gasteiger partial charge in [-0.25, -0.2) is 14.8 Å². The fraction of sp³-hybridized carbons (Fsp3) is 0.583. The molecule has 1 rings (SSSR count). The molecule has 18 heavy (non-hydrogen) atoms. The van der Waals surface area contributed by atoms with Crippen molar-refractivity contribution in [1.29, 1.82) is 0 Å². The fourth-order valence-corrected chi connectivity index (χ4v) is 1.35. The van der Waals surface area contributed by atoms with Crippen LogP contribution in [0.4, 0.5) is 5.82 Å². The molecule has 6 heteroatoms. The maximum Gasteiger partial charge on any atom is 0.358 e. The van der Waals surface area contributed by atoms with Crippen LogP contribution in [0.5, 0.6) is 0 Å². The normalized spacial score (nSPS) is 10.3. The van der Waals surface area contributed by atoms with E-state index < -0.39 is 5.97 Å². The lowest BCUT2D eigenvalue weighted by atomic mass is 10.3. The Balaban J connectivity index is 2.25. The molecule has 1 aromatic heterocycles. The highest BCUT2D eigenvalue weighted by molar-refractivity contribution is 5.90. The Morgan fingerprint density at radius 3 is 2.78 bits per heavy atom. The molecule has 0 spiro atoms. The van der Waals surface area contributed by atoms with Crippen LogP contribution in [0.25, 0.3) is 0 Å². The van der Waals surface area contributed by atoms with Gasteiger partial charge in [0, 0.05) is 32.2 Å². The minimum Gasteiger partial charge on any atom is -0.476 e. The number of unbranched alkanes of at least 4 members (excludes halogenated alkanes) is 1. The summed E-state index contributed by atoms with van der Waals surface area (Å²) >= 11 is 0. The second-order valence-corrected chi connectivity index (χ2v) is 3.80. The van der Waals surface area contributed by atoms with Gasteiger partial charge in [-0.1, -0.05) is 13.3 Å². The predicted octanol–water partition coefficient (Wildman–Crippen LogP) is 1.79. The number of ether oxygens (including phenoxy) is 1. The molecule has 0 saturated carbocycles. The van der Waals surface area contributed by atoms with E-state index in [1.807, 2.05) is 0 Å². The average molecular weight is 253 g/mol. The maximum atomic E-state index is 10.9. The van der Waals surface area contributed by atoms with Crippen molar-refractivity contribution < 1.29 is 14.6 Å². The molecule has 0 aliphatic rings. The first-order valence-corrected chi connectivity index (χ1v) is 6.11. The summed E-state index contributed by atoms with van der Waals surface area (Å²) in [7, 11) is 0. The van der Waals surface area contributed by atoms with Gasteiger partial charge in [0.05, 0.1) is 0 Å². The van der Waals surface area contributed by atoms with Crippen LogP contribution < -0.4 is 5.32 Å². The summed E-state index contributed by atoms with van der Waals surface area (Å²) in [6, 6.07) is 0. The largest absolute Gasteiger partial charge is 0.476 e. The lowest BCUT2D eigenvalue weighted by molar-refractivity contribution is 0.0691. The molecule has 0 unspecified atom stereocenters. The predicted molar refractivity (Wildman–Crippen MR) is 67.8 cm³/mol. The maximum absolute atomic E-state index is 10.9. The molecule has 0 bridgehead atoms. The van der Waals surface area contributed by atoms with Crippen molar-refractivity contribution in [1.82, 2.24) is 9.97 Å². The van der Waals surface area contributed by atoms with Gasteiger partial charge in [0.25, 0.3) is 0 Å². The molecule has 0 fully saturated rings. The van der Waals surface area contributed by atoms with Gasteiger partial charge in [0.2, 0.25) is 0 Å². The van der Waals surface area contributed by atoms with Gasteiger partial charge in [-0.15, -0.1) is 0 Å². The Hall–Kier alpha value is -1.69. The number of nitrogens with one attached hydrogen (secondary N) is 1. The number of aromatic nitrogens is 2. The fourth-order valence-electron chi connectivity index (χ4n) is 1.35. The molecule has 2 N–H and O–H groups in total. The molecule has 0 atom stereocenters. The minimum atomic E-state index is -1.08. The highest BCUT2D eigenvalue weighted by atomic mass is 16.5. The third-order valence-corrected chi connectivity index (χ3v) is 2.30. The van der Waals surface area contributed by atoms with Crippen LogP contribution in [0.1, 0.15) is 36.7 Å². The second-order valence-electron chi connectivity index (χ2n) is 3.80. The lowest BCUT2D eigenvalue weighted by Gasteiger charge is -2.07. The average Bonchev–Trinajstić information content (AvgIpc) is 2.38. The van der Waals surface area contributed by atoms with Gasteiger partial charge < -0.3 is 15.2 Å². The number of rotatable bonds is 9. The van der Waals surface area contributed by atoms with Crippen LogP contribution in [0.15, 0.2) is 12.4 Å². The Labute approximate surface area is 106 Å². The lowest BCUT2D eigenvalue weighted by Crippen LogP contribution is -2.12. The Morgan fingerprint density at radius 2 is 2.06 bits per heavy atom. The van der Waals surface area contributed by atoms with Crippen molar-refractivity contribution in [2.45, 2.75) is 26.2 Å². The van der Waals surface area contributed by atoms with Crippen LogP contribution in [0.3, 0.4) is 0 Å². The second kappa shape index (κ2) is 8.41. The van der Waals surface area contributed by atoms with E-state index in [2.05, 4.69) is 22.2 Å². The monoisotopic (exact) mass is 253 g/mol. The number of hydrogen-bond acceptors (Lipinski definition) is 5. The number of anilines is 1. The summed E-state index contributed by atoms with van der Waals surface area (Å²) in [5.41, 5.74) is -0.0515. The third-order valence-electron chi connectivity index (χ3n) is 2.30. The highest BCUT2D eigenvalue weighted by Crippen LogP contribution is 2.07. The van der Waals surface area contributed by atoms with Crippen LogP contribution in [-0.4, -0.2) is 40.8 Å². The topological polar surface area (TPSA) is 84.3 Å². The molecule has 1 aromatic rings. The molecular formula is C12H19N3O3. The summed E-state index contributed by atoms with van der Waals surface area (Å²) in [5, 5.41) is 11.8. The summed E-state index contributed by atoms with van der Waals surface area (Å²) in [6.07, 6.45) is 5.83. The van der Waals surface area contributed by atoms with Crippen LogP contribution in [0.2, 0.25) is 0 Å². The molecule has 0 aliphatic carbocycles. The van der Waals surface area contributed by atoms with E-state index >= 15 is 0 Å². The zero-order valence-electron chi connectivity index (χ0n) is 10.6. The smallest absolute Gasteiger partial charge is 0.358 e. The zero-order valence-corrected chi connectivity index (χ0v) is 10.6. The molecular weight excluding hydrogens is 234 g/mol. The number of carboxylic acid groups (broad SMARTS) is 1. The van der Waals surface area contributed by atoms with Crippen LogP contribution in [0, 0.1) is 0 Å². The standard InChI is InChI=1S/C12H19N3O3/c1-2-3-8-18-9-4-5-14-11-10(12(16)17)13-6-7-15-11/h6-7H,2-5,8-9H2,1H3,(H,14,15)(H,16,17). The molecule has 0 amide bonds. The third kappa shape index (κ3) is 5.09. The summed E-state index contributed by atoms with van der Waals surface area (Å²) < 4.78 is 5.40. The van der Waals surface area contributed by atoms with Crippen LogP contribution >= 0.6 is 0 Å². The van der Waals surface area contributed by atoms with Crippen molar-refractivity contribution in [3.63, 3.8) is 0 Å². The quantitative estimate of drug-likeness (QED) is 0.653. The summed E-state index contributed by atoms with van der Waals surface area (Å²) in [4.78, 5) is 18.6. The first-order valence-electron chi connectivity index (χ1n) is 6.11. The van der Waals surface area contributed by atoms with Crippen molar-refractivity contribution in [2.75, 3.05) is 25.1 Å². The first-order chi connectivity index (χ1) is 8.75. The van der Waals surface area contributed by atoms with Crippen molar-refractivity contribution in [3.05, 3.63) is 18.1 Å². The number of aromatic carboxylic acids is 1. The number of hydrogen-bond donors (Lipinski definition) is 2. The van der Waals surface area contributed by atoms with Crippen molar-refractivity contribution in [3.8, 4) is 0 Å². The van der Waals surface area contributed by atoms with Crippen LogP contribution in [-0.2, 0) is 4.74 Å². The Bertz CT molecular complexity index is 371. The molecule has 100 valence electrons. The zero-order chi connectivity index (χ0) is 13.2. The van der Waals surface area contributed by atoms with Crippen molar-refractivity contribution >= 4 is 11.8 Å². The Morgan fingerprint density at radius 1 is 1.33 bits per heavy atom. The van der Waals surface area contributed by atoms with Gasteiger partial charge in [-0.05, 0) is 12.8 Å². The minimum absolute atomic E-state index is 0.0515. The molecule has 0 radical (unpaired) electrons. The highest BCUT2D eigenvalue weighted by Gasteiger charge is 2.11. The number of carboxylic acids is 1. The van der Waals surface area contributed by atoms with E-state index in [9.17, 15) is 4.79 Å². The first kappa shape index (κ1) is 14.4. The molecule has 6 nitrogen and oxygen atoms in total. The molecule has 0 saturated heterocycles. The summed E-state index contributed by atoms with van der Waals surface area (Å²) in [5.74, 6) is -0.775. The molecule has 1 heterocycles.